The van der Waals surface area contributed by atoms with Crippen molar-refractivity contribution >= 4 is 33.2 Å². The summed E-state index contributed by atoms with van der Waals surface area (Å²) in [6, 6.07) is 2.24. The van der Waals surface area contributed by atoms with Crippen LogP contribution >= 0.6 is 27.3 Å². The summed E-state index contributed by atoms with van der Waals surface area (Å²) >= 11 is 5.20. The van der Waals surface area contributed by atoms with Gasteiger partial charge in [-0.05, 0) is 44.7 Å². The molecule has 1 heterocycles. The number of hydrogen-bond donors (Lipinski definition) is 1. The molecule has 1 aromatic heterocycles. The molecular weight excluding hydrogens is 286 g/mol. The first-order chi connectivity index (χ1) is 7.47. The molecule has 1 N–H and O–H groups in total. The Hall–Kier alpha value is -0.350. The lowest BCUT2D eigenvalue weighted by atomic mass is 10.2. The van der Waals surface area contributed by atoms with E-state index in [1.807, 2.05) is 25.2 Å². The number of fused-ring (bicyclic) bond motifs is 1. The van der Waals surface area contributed by atoms with Crippen molar-refractivity contribution in [2.24, 2.45) is 0 Å². The van der Waals surface area contributed by atoms with E-state index in [0.717, 1.165) is 0 Å². The lowest BCUT2D eigenvalue weighted by molar-refractivity contribution is -0.122. The first kappa shape index (κ1) is 12.1. The molecule has 0 bridgehead atoms. The van der Waals surface area contributed by atoms with Gasteiger partial charge in [-0.15, -0.1) is 11.3 Å². The molecule has 2 rings (SSSR count). The molecule has 2 nitrogen and oxygen atoms in total. The van der Waals surface area contributed by atoms with E-state index in [0.29, 0.717) is 6.54 Å². The van der Waals surface area contributed by atoms with Gasteiger partial charge >= 0.3 is 0 Å². The second-order valence-corrected chi connectivity index (χ2v) is 7.87. The van der Waals surface area contributed by atoms with Crippen LogP contribution in [0.4, 0.5) is 0 Å². The Morgan fingerprint density at radius 1 is 1.56 bits per heavy atom. The summed E-state index contributed by atoms with van der Waals surface area (Å²) in [5, 5.41) is 2.95. The van der Waals surface area contributed by atoms with E-state index >= 15 is 0 Å². The number of alkyl halides is 1. The summed E-state index contributed by atoms with van der Waals surface area (Å²) in [6.45, 7) is 4.37. The molecule has 4 heteroatoms. The van der Waals surface area contributed by atoms with Crippen LogP contribution < -0.4 is 5.32 Å². The summed E-state index contributed by atoms with van der Waals surface area (Å²) < 4.78 is -0.479. The Morgan fingerprint density at radius 3 is 2.94 bits per heavy atom. The van der Waals surface area contributed by atoms with Gasteiger partial charge in [-0.2, -0.15) is 0 Å². The maximum absolute atomic E-state index is 11.7. The zero-order valence-corrected chi connectivity index (χ0v) is 12.0. The average molecular weight is 302 g/mol. The van der Waals surface area contributed by atoms with Crippen LogP contribution in [-0.4, -0.2) is 10.2 Å². The minimum atomic E-state index is -0.479. The highest BCUT2D eigenvalue weighted by atomic mass is 79.9. The number of halogens is 1. The number of thiophene rings is 1. The predicted octanol–water partition coefficient (Wildman–Crippen LogP) is 3.03. The minimum absolute atomic E-state index is 0.0426. The molecule has 0 saturated carbocycles. The fourth-order valence-corrected chi connectivity index (χ4v) is 3.20. The van der Waals surface area contributed by atoms with Gasteiger partial charge in [-0.3, -0.25) is 4.79 Å². The van der Waals surface area contributed by atoms with Crippen molar-refractivity contribution in [3.8, 4) is 0 Å². The van der Waals surface area contributed by atoms with Crippen LogP contribution in [-0.2, 0) is 24.2 Å². The standard InChI is InChI=1S/C12H16BrNOS/c1-12(2,13)11(15)14-7-9-6-8-4-3-5-10(8)16-9/h6H,3-5,7H2,1-2H3,(H,14,15). The largest absolute Gasteiger partial charge is 0.350 e. The van der Waals surface area contributed by atoms with Gasteiger partial charge in [0.05, 0.1) is 10.9 Å². The van der Waals surface area contributed by atoms with Crippen LogP contribution in [0.2, 0.25) is 0 Å². The van der Waals surface area contributed by atoms with Crippen molar-refractivity contribution in [1.82, 2.24) is 5.32 Å². The van der Waals surface area contributed by atoms with Crippen LogP contribution in [0.25, 0.3) is 0 Å². The van der Waals surface area contributed by atoms with Gasteiger partial charge in [-0.1, -0.05) is 15.9 Å². The molecule has 0 spiro atoms. The Labute approximate surface area is 109 Å². The SMILES string of the molecule is CC(C)(Br)C(=O)NCc1cc2c(s1)CCC2. The number of aryl methyl sites for hydroxylation is 2. The van der Waals surface area contributed by atoms with Crippen molar-refractivity contribution in [1.29, 1.82) is 0 Å². The van der Waals surface area contributed by atoms with Crippen molar-refractivity contribution < 1.29 is 4.79 Å². The molecule has 0 aromatic carbocycles. The molecule has 1 aliphatic carbocycles. The van der Waals surface area contributed by atoms with Gasteiger partial charge in [0.2, 0.25) is 5.91 Å². The summed E-state index contributed by atoms with van der Waals surface area (Å²) in [5.74, 6) is 0.0426. The number of hydrogen-bond acceptors (Lipinski definition) is 2. The number of carbonyl (C=O) groups excluding carboxylic acids is 1. The molecule has 88 valence electrons. The van der Waals surface area contributed by atoms with E-state index in [-0.39, 0.29) is 5.91 Å². The third-order valence-electron chi connectivity index (χ3n) is 2.76. The smallest absolute Gasteiger partial charge is 0.236 e. The van der Waals surface area contributed by atoms with E-state index in [9.17, 15) is 4.79 Å². The molecule has 16 heavy (non-hydrogen) atoms. The number of rotatable bonds is 3. The van der Waals surface area contributed by atoms with Crippen LogP contribution in [0.15, 0.2) is 6.07 Å². The predicted molar refractivity (Wildman–Crippen MR) is 71.2 cm³/mol. The lowest BCUT2D eigenvalue weighted by Crippen LogP contribution is -2.36. The van der Waals surface area contributed by atoms with Crippen molar-refractivity contribution in [2.45, 2.75) is 44.0 Å². The van der Waals surface area contributed by atoms with E-state index in [1.54, 1.807) is 0 Å². The zero-order chi connectivity index (χ0) is 11.8. The van der Waals surface area contributed by atoms with E-state index in [4.69, 9.17) is 0 Å². The quantitative estimate of drug-likeness (QED) is 0.854. The molecule has 0 atom stereocenters. The topological polar surface area (TPSA) is 29.1 Å². The number of carbonyl (C=O) groups is 1. The van der Waals surface area contributed by atoms with Crippen molar-refractivity contribution in [3.63, 3.8) is 0 Å². The monoisotopic (exact) mass is 301 g/mol. The van der Waals surface area contributed by atoms with Gasteiger partial charge < -0.3 is 5.32 Å². The molecule has 1 aliphatic rings. The van der Waals surface area contributed by atoms with E-state index < -0.39 is 4.32 Å². The van der Waals surface area contributed by atoms with Crippen LogP contribution in [0, 0.1) is 0 Å². The second kappa shape index (κ2) is 4.49. The van der Waals surface area contributed by atoms with Gasteiger partial charge in [-0.25, -0.2) is 0 Å². The lowest BCUT2D eigenvalue weighted by Gasteiger charge is -2.15. The first-order valence-corrected chi connectivity index (χ1v) is 7.15. The Morgan fingerprint density at radius 2 is 2.31 bits per heavy atom. The van der Waals surface area contributed by atoms with Crippen LogP contribution in [0.5, 0.6) is 0 Å². The van der Waals surface area contributed by atoms with Crippen LogP contribution in [0.1, 0.15) is 35.6 Å². The van der Waals surface area contributed by atoms with Crippen molar-refractivity contribution in [2.75, 3.05) is 0 Å². The highest BCUT2D eigenvalue weighted by Crippen LogP contribution is 2.30. The van der Waals surface area contributed by atoms with E-state index in [1.165, 1.54) is 34.6 Å². The molecule has 1 amide bonds. The minimum Gasteiger partial charge on any atom is -0.350 e. The summed E-state index contributed by atoms with van der Waals surface area (Å²) in [7, 11) is 0. The maximum Gasteiger partial charge on any atom is 0.236 e. The molecule has 1 aromatic rings. The first-order valence-electron chi connectivity index (χ1n) is 5.54. The number of nitrogens with one attached hydrogen (secondary N) is 1. The molecule has 0 unspecified atom stereocenters. The van der Waals surface area contributed by atoms with Gasteiger partial charge in [0.1, 0.15) is 0 Å². The highest BCUT2D eigenvalue weighted by molar-refractivity contribution is 9.10. The van der Waals surface area contributed by atoms with Crippen molar-refractivity contribution in [3.05, 3.63) is 21.4 Å². The van der Waals surface area contributed by atoms with Gasteiger partial charge in [0.25, 0.3) is 0 Å². The third kappa shape index (κ3) is 2.66. The fraction of sp³-hybridized carbons (Fsp3) is 0.583. The summed E-state index contributed by atoms with van der Waals surface area (Å²) in [5.41, 5.74) is 1.49. The molecular formula is C12H16BrNOS. The molecule has 0 fully saturated rings. The number of amides is 1. The summed E-state index contributed by atoms with van der Waals surface area (Å²) in [6.07, 6.45) is 3.73. The zero-order valence-electron chi connectivity index (χ0n) is 9.60. The Kier molecular flexibility index (Phi) is 3.40. The Bertz CT molecular complexity index is 384. The maximum atomic E-state index is 11.7. The molecule has 0 saturated heterocycles. The molecule has 0 radical (unpaired) electrons. The normalized spacial score (nSPS) is 14.9. The fourth-order valence-electron chi connectivity index (χ4n) is 1.86. The van der Waals surface area contributed by atoms with E-state index in [2.05, 4.69) is 27.3 Å². The second-order valence-electron chi connectivity index (χ2n) is 4.67. The van der Waals surface area contributed by atoms with Gasteiger partial charge in [0.15, 0.2) is 0 Å². The van der Waals surface area contributed by atoms with Gasteiger partial charge in [0, 0.05) is 9.75 Å². The van der Waals surface area contributed by atoms with Crippen LogP contribution in [0.3, 0.4) is 0 Å². The Balaban J connectivity index is 1.93. The third-order valence-corrected chi connectivity index (χ3v) is 4.36. The highest BCUT2D eigenvalue weighted by Gasteiger charge is 2.23. The molecule has 0 aliphatic heterocycles. The average Bonchev–Trinajstić information content (AvgIpc) is 2.71. The summed E-state index contributed by atoms with van der Waals surface area (Å²) in [4.78, 5) is 14.4.